The van der Waals surface area contributed by atoms with Gasteiger partial charge in [0.1, 0.15) is 11.6 Å². The number of nitrogens with zero attached hydrogens (tertiary/aromatic N) is 1. The minimum atomic E-state index is -0.682. The van der Waals surface area contributed by atoms with Crippen molar-refractivity contribution in [3.8, 4) is 18.1 Å². The van der Waals surface area contributed by atoms with Crippen LogP contribution in [-0.2, 0) is 4.79 Å². The lowest BCUT2D eigenvalue weighted by molar-refractivity contribution is -0.125. The van der Waals surface area contributed by atoms with Crippen LogP contribution in [0.1, 0.15) is 6.92 Å². The molecule has 2 N–H and O–H groups in total. The van der Waals surface area contributed by atoms with Gasteiger partial charge in [-0.1, -0.05) is 5.92 Å². The summed E-state index contributed by atoms with van der Waals surface area (Å²) in [4.78, 5) is 13.2. The Morgan fingerprint density at radius 1 is 1.65 bits per heavy atom. The molecule has 2 rings (SSSR count). The largest absolute Gasteiger partial charge is 0.479 e. The summed E-state index contributed by atoms with van der Waals surface area (Å²) in [5, 5.41) is 0. The van der Waals surface area contributed by atoms with Gasteiger partial charge < -0.3 is 10.5 Å². The van der Waals surface area contributed by atoms with Gasteiger partial charge in [-0.05, 0) is 13.0 Å². The minimum absolute atomic E-state index is 0.0447. The van der Waals surface area contributed by atoms with Gasteiger partial charge in [0.2, 0.25) is 0 Å². The van der Waals surface area contributed by atoms with E-state index in [-0.39, 0.29) is 23.9 Å². The number of halogens is 1. The van der Waals surface area contributed by atoms with Gasteiger partial charge in [0.25, 0.3) is 5.91 Å². The van der Waals surface area contributed by atoms with Crippen LogP contribution in [0.3, 0.4) is 0 Å². The van der Waals surface area contributed by atoms with Crippen molar-refractivity contribution in [2.24, 2.45) is 0 Å². The Labute approximate surface area is 98.2 Å². The van der Waals surface area contributed by atoms with Crippen LogP contribution in [0.15, 0.2) is 12.1 Å². The molecule has 0 aromatic heterocycles. The highest BCUT2D eigenvalue weighted by Gasteiger charge is 2.31. The van der Waals surface area contributed by atoms with Gasteiger partial charge >= 0.3 is 0 Å². The van der Waals surface area contributed by atoms with Crippen molar-refractivity contribution in [2.45, 2.75) is 13.0 Å². The molecule has 1 heterocycles. The van der Waals surface area contributed by atoms with Crippen molar-refractivity contribution < 1.29 is 13.9 Å². The van der Waals surface area contributed by atoms with Crippen LogP contribution in [0, 0.1) is 18.2 Å². The zero-order valence-electron chi connectivity index (χ0n) is 9.24. The molecule has 1 aliphatic rings. The number of fused-ring (bicyclic) bond motifs is 1. The molecule has 1 aliphatic heterocycles. The van der Waals surface area contributed by atoms with E-state index >= 15 is 0 Å². The van der Waals surface area contributed by atoms with E-state index in [1.165, 1.54) is 11.0 Å². The quantitative estimate of drug-likeness (QED) is 0.586. The van der Waals surface area contributed by atoms with Crippen LogP contribution in [0.5, 0.6) is 5.75 Å². The van der Waals surface area contributed by atoms with Gasteiger partial charge in [0, 0.05) is 6.07 Å². The number of ether oxygens (including phenoxy) is 1. The van der Waals surface area contributed by atoms with Crippen molar-refractivity contribution in [3.05, 3.63) is 17.9 Å². The first kappa shape index (κ1) is 11.3. The van der Waals surface area contributed by atoms with E-state index in [1.807, 2.05) is 0 Å². The van der Waals surface area contributed by atoms with Crippen molar-refractivity contribution in [2.75, 3.05) is 17.2 Å². The van der Waals surface area contributed by atoms with Gasteiger partial charge in [-0.3, -0.25) is 9.69 Å². The highest BCUT2D eigenvalue weighted by atomic mass is 19.1. The average molecular weight is 234 g/mol. The number of amides is 1. The molecule has 1 aromatic rings. The second kappa shape index (κ2) is 3.98. The lowest BCUT2D eigenvalue weighted by Gasteiger charge is -2.32. The molecule has 5 heteroatoms. The summed E-state index contributed by atoms with van der Waals surface area (Å²) < 4.78 is 18.6. The predicted octanol–water partition coefficient (Wildman–Crippen LogP) is 1.16. The summed E-state index contributed by atoms with van der Waals surface area (Å²) in [6, 6.07) is 2.52. The third-order valence-corrected chi connectivity index (χ3v) is 2.54. The maximum Gasteiger partial charge on any atom is 0.268 e. The molecular weight excluding hydrogens is 223 g/mol. The number of benzene rings is 1. The van der Waals surface area contributed by atoms with E-state index in [9.17, 15) is 9.18 Å². The van der Waals surface area contributed by atoms with Crippen molar-refractivity contribution in [3.63, 3.8) is 0 Å². The fraction of sp³-hybridized carbons (Fsp3) is 0.250. The Bertz CT molecular complexity index is 522. The molecule has 0 radical (unpaired) electrons. The molecule has 1 aromatic carbocycles. The first-order valence-electron chi connectivity index (χ1n) is 5.05. The van der Waals surface area contributed by atoms with E-state index in [1.54, 1.807) is 6.92 Å². The molecule has 0 spiro atoms. The molecule has 0 saturated carbocycles. The lowest BCUT2D eigenvalue weighted by atomic mass is 10.1. The monoisotopic (exact) mass is 234 g/mol. The van der Waals surface area contributed by atoms with E-state index in [0.717, 1.165) is 6.07 Å². The Morgan fingerprint density at radius 3 is 3.00 bits per heavy atom. The van der Waals surface area contributed by atoms with Crippen LogP contribution in [-0.4, -0.2) is 18.6 Å². The highest BCUT2D eigenvalue weighted by Crippen LogP contribution is 2.36. The second-order valence-electron chi connectivity index (χ2n) is 3.73. The fourth-order valence-electron chi connectivity index (χ4n) is 1.70. The number of rotatable bonds is 1. The Morgan fingerprint density at radius 2 is 2.35 bits per heavy atom. The smallest absolute Gasteiger partial charge is 0.268 e. The summed E-state index contributed by atoms with van der Waals surface area (Å²) in [6.45, 7) is 1.69. The Kier molecular flexibility index (Phi) is 2.64. The van der Waals surface area contributed by atoms with Crippen LogP contribution >= 0.6 is 0 Å². The molecule has 0 fully saturated rings. The van der Waals surface area contributed by atoms with Gasteiger partial charge in [0.15, 0.2) is 6.10 Å². The Hall–Kier alpha value is -2.22. The predicted molar refractivity (Wildman–Crippen MR) is 62.1 cm³/mol. The number of terminal acetylenes is 1. The molecule has 17 heavy (non-hydrogen) atoms. The van der Waals surface area contributed by atoms with Crippen LogP contribution in [0.4, 0.5) is 15.8 Å². The minimum Gasteiger partial charge on any atom is -0.479 e. The topological polar surface area (TPSA) is 55.6 Å². The SMILES string of the molecule is C#CCN1C(=O)C(C)Oc2cc(F)c(N)cc21. The molecule has 1 atom stereocenters. The first-order valence-corrected chi connectivity index (χ1v) is 5.05. The standard InChI is InChI=1S/C12H11FN2O2/c1-3-4-15-10-6-9(14)8(13)5-11(10)17-7(2)12(15)16/h1,5-7H,4,14H2,2H3. The summed E-state index contributed by atoms with van der Waals surface area (Å²) in [6.07, 6.45) is 4.52. The van der Waals surface area contributed by atoms with Crippen LogP contribution in [0.25, 0.3) is 0 Å². The number of nitrogen functional groups attached to an aromatic ring is 1. The van der Waals surface area contributed by atoms with Gasteiger partial charge in [0.05, 0.1) is 17.9 Å². The molecule has 4 nitrogen and oxygen atoms in total. The number of hydrogen-bond donors (Lipinski definition) is 1. The third kappa shape index (κ3) is 1.78. The van der Waals surface area contributed by atoms with E-state index in [0.29, 0.717) is 5.69 Å². The number of nitrogens with two attached hydrogens (primary N) is 1. The molecule has 1 unspecified atom stereocenters. The van der Waals surface area contributed by atoms with E-state index in [2.05, 4.69) is 5.92 Å². The normalized spacial score (nSPS) is 18.3. The highest BCUT2D eigenvalue weighted by molar-refractivity contribution is 6.00. The average Bonchev–Trinajstić information content (AvgIpc) is 2.28. The zero-order chi connectivity index (χ0) is 12.6. The molecule has 88 valence electrons. The molecule has 0 bridgehead atoms. The van der Waals surface area contributed by atoms with Crippen molar-refractivity contribution in [1.82, 2.24) is 0 Å². The van der Waals surface area contributed by atoms with Crippen molar-refractivity contribution in [1.29, 1.82) is 0 Å². The summed E-state index contributed by atoms with van der Waals surface area (Å²) in [5.74, 6) is 1.81. The molecule has 0 saturated heterocycles. The lowest BCUT2D eigenvalue weighted by Crippen LogP contribution is -2.44. The second-order valence-corrected chi connectivity index (χ2v) is 3.73. The molecular formula is C12H11FN2O2. The fourth-order valence-corrected chi connectivity index (χ4v) is 1.70. The van der Waals surface area contributed by atoms with E-state index < -0.39 is 11.9 Å². The van der Waals surface area contributed by atoms with Crippen LogP contribution in [0.2, 0.25) is 0 Å². The number of hydrogen-bond acceptors (Lipinski definition) is 3. The van der Waals surface area contributed by atoms with E-state index in [4.69, 9.17) is 16.9 Å². The van der Waals surface area contributed by atoms with Gasteiger partial charge in [-0.2, -0.15) is 0 Å². The zero-order valence-corrected chi connectivity index (χ0v) is 9.24. The first-order chi connectivity index (χ1) is 8.04. The maximum atomic E-state index is 13.3. The van der Waals surface area contributed by atoms with Crippen LogP contribution < -0.4 is 15.4 Å². The summed E-state index contributed by atoms with van der Waals surface area (Å²) >= 11 is 0. The van der Waals surface area contributed by atoms with Gasteiger partial charge in [-0.15, -0.1) is 6.42 Å². The summed E-state index contributed by atoms with van der Waals surface area (Å²) in [7, 11) is 0. The van der Waals surface area contributed by atoms with Crippen molar-refractivity contribution >= 4 is 17.3 Å². The third-order valence-electron chi connectivity index (χ3n) is 2.54. The summed E-state index contributed by atoms with van der Waals surface area (Å²) in [5.41, 5.74) is 5.82. The maximum absolute atomic E-state index is 13.3. The number of anilines is 2. The van der Waals surface area contributed by atoms with Gasteiger partial charge in [-0.25, -0.2) is 4.39 Å². The Balaban J connectivity index is 2.54. The number of carbonyl (C=O) groups is 1. The molecule has 0 aliphatic carbocycles. The molecule has 1 amide bonds. The number of carbonyl (C=O) groups excluding carboxylic acids is 1.